The summed E-state index contributed by atoms with van der Waals surface area (Å²) < 4.78 is 1.91. The second-order valence-electron chi connectivity index (χ2n) is 2.23. The normalized spacial score (nSPS) is 10.6. The Hall–Kier alpha value is -1.51. The number of nitrogens with two attached hydrogens (primary N) is 1. The van der Waals surface area contributed by atoms with Gasteiger partial charge < -0.3 is 10.3 Å². The van der Waals surface area contributed by atoms with Crippen molar-refractivity contribution in [3.63, 3.8) is 0 Å². The largest absolute Gasteiger partial charge is 0.397 e. The molecule has 1 heterocycles. The Balaban J connectivity index is 3.00. The van der Waals surface area contributed by atoms with Crippen LogP contribution in [0.3, 0.4) is 0 Å². The van der Waals surface area contributed by atoms with E-state index in [-0.39, 0.29) is 0 Å². The third kappa shape index (κ3) is 1.49. The maximum absolute atomic E-state index is 5.64. The lowest BCUT2D eigenvalue weighted by atomic mass is 10.4. The number of hydrogen-bond acceptors (Lipinski definition) is 2. The smallest absolute Gasteiger partial charge is 0.0823 e. The van der Waals surface area contributed by atoms with E-state index in [1.807, 2.05) is 23.9 Å². The van der Waals surface area contributed by atoms with Gasteiger partial charge in [0.15, 0.2) is 0 Å². The van der Waals surface area contributed by atoms with Crippen molar-refractivity contribution >= 4 is 11.9 Å². The van der Waals surface area contributed by atoms with Gasteiger partial charge in [-0.2, -0.15) is 0 Å². The molecule has 1 aromatic rings. The van der Waals surface area contributed by atoms with Crippen LogP contribution in [0.1, 0.15) is 5.69 Å². The summed E-state index contributed by atoms with van der Waals surface area (Å²) in [6, 6.07) is 1.84. The lowest BCUT2D eigenvalue weighted by Gasteiger charge is -1.95. The molecule has 0 fully saturated rings. The van der Waals surface area contributed by atoms with E-state index in [0.29, 0.717) is 0 Å². The van der Waals surface area contributed by atoms with Crippen molar-refractivity contribution in [3.8, 4) is 0 Å². The van der Waals surface area contributed by atoms with Crippen LogP contribution >= 0.6 is 0 Å². The predicted molar refractivity (Wildman–Crippen MR) is 47.6 cm³/mol. The number of aromatic nitrogens is 1. The summed E-state index contributed by atoms with van der Waals surface area (Å²) >= 11 is 0. The van der Waals surface area contributed by atoms with Crippen molar-refractivity contribution in [1.29, 1.82) is 0 Å². The van der Waals surface area contributed by atoms with Crippen LogP contribution in [0, 0.1) is 0 Å². The van der Waals surface area contributed by atoms with Gasteiger partial charge in [0.1, 0.15) is 0 Å². The van der Waals surface area contributed by atoms with Gasteiger partial charge in [-0.25, -0.2) is 0 Å². The second-order valence-corrected chi connectivity index (χ2v) is 2.23. The summed E-state index contributed by atoms with van der Waals surface area (Å²) in [7, 11) is 1.92. The molecule has 0 saturated carbocycles. The van der Waals surface area contributed by atoms with Crippen LogP contribution in [0.15, 0.2) is 30.0 Å². The van der Waals surface area contributed by atoms with Gasteiger partial charge in [-0.15, -0.1) is 0 Å². The topological polar surface area (TPSA) is 43.3 Å². The highest BCUT2D eigenvalue weighted by atomic mass is 15.0. The van der Waals surface area contributed by atoms with Crippen molar-refractivity contribution < 1.29 is 0 Å². The quantitative estimate of drug-likeness (QED) is 0.630. The molecule has 3 heteroatoms. The van der Waals surface area contributed by atoms with Crippen molar-refractivity contribution in [1.82, 2.24) is 4.57 Å². The van der Waals surface area contributed by atoms with Crippen molar-refractivity contribution in [2.75, 3.05) is 5.73 Å². The third-order valence-corrected chi connectivity index (χ3v) is 1.46. The van der Waals surface area contributed by atoms with Gasteiger partial charge in [0.25, 0.3) is 0 Å². The van der Waals surface area contributed by atoms with E-state index in [0.717, 1.165) is 11.4 Å². The number of hydrogen-bond donors (Lipinski definition) is 1. The van der Waals surface area contributed by atoms with Gasteiger partial charge in [0.2, 0.25) is 0 Å². The first kappa shape index (κ1) is 7.60. The average molecular weight is 149 g/mol. The molecule has 0 amide bonds. The molecule has 0 aromatic carbocycles. The molecule has 3 nitrogen and oxygen atoms in total. The number of aryl methyl sites for hydroxylation is 1. The van der Waals surface area contributed by atoms with Crippen LogP contribution in [-0.4, -0.2) is 10.8 Å². The van der Waals surface area contributed by atoms with E-state index in [2.05, 4.69) is 11.6 Å². The molecule has 0 aliphatic heterocycles. The molecule has 1 aromatic heterocycles. The summed E-state index contributed by atoms with van der Waals surface area (Å²) in [5.41, 5.74) is 7.28. The zero-order valence-electron chi connectivity index (χ0n) is 6.49. The minimum Gasteiger partial charge on any atom is -0.397 e. The Labute approximate surface area is 65.9 Å². The van der Waals surface area contributed by atoms with Crippen LogP contribution in [0.25, 0.3) is 0 Å². The van der Waals surface area contributed by atoms with E-state index < -0.39 is 0 Å². The van der Waals surface area contributed by atoms with Crippen LogP contribution in [-0.2, 0) is 7.05 Å². The Morgan fingerprint density at radius 2 is 2.45 bits per heavy atom. The lowest BCUT2D eigenvalue weighted by molar-refractivity contribution is 0.919. The SMILES string of the molecule is C=CN=Cc1c(N)ccn1C. The van der Waals surface area contributed by atoms with Crippen molar-refractivity contribution in [3.05, 3.63) is 30.7 Å². The number of anilines is 1. The van der Waals surface area contributed by atoms with Gasteiger partial charge >= 0.3 is 0 Å². The molecule has 0 bridgehead atoms. The molecule has 11 heavy (non-hydrogen) atoms. The van der Waals surface area contributed by atoms with Gasteiger partial charge in [-0.1, -0.05) is 6.58 Å². The van der Waals surface area contributed by atoms with E-state index in [1.165, 1.54) is 6.20 Å². The molecule has 0 unspecified atom stereocenters. The number of rotatable bonds is 2. The van der Waals surface area contributed by atoms with Gasteiger partial charge in [-0.3, -0.25) is 4.99 Å². The van der Waals surface area contributed by atoms with E-state index in [9.17, 15) is 0 Å². The van der Waals surface area contributed by atoms with Crippen molar-refractivity contribution in [2.24, 2.45) is 12.0 Å². The minimum atomic E-state index is 0.734. The van der Waals surface area contributed by atoms with Crippen molar-refractivity contribution in [2.45, 2.75) is 0 Å². The highest BCUT2D eigenvalue weighted by Gasteiger charge is 1.97. The van der Waals surface area contributed by atoms with Gasteiger partial charge in [0.05, 0.1) is 17.6 Å². The molecule has 0 aliphatic rings. The highest BCUT2D eigenvalue weighted by molar-refractivity contribution is 5.85. The minimum absolute atomic E-state index is 0.734. The first-order valence-corrected chi connectivity index (χ1v) is 3.30. The van der Waals surface area contributed by atoms with Crippen LogP contribution in [0.5, 0.6) is 0 Å². The Morgan fingerprint density at radius 1 is 1.73 bits per heavy atom. The van der Waals surface area contributed by atoms with Crippen LogP contribution < -0.4 is 5.73 Å². The van der Waals surface area contributed by atoms with Gasteiger partial charge in [-0.05, 0) is 6.07 Å². The monoisotopic (exact) mass is 149 g/mol. The predicted octanol–water partition coefficient (Wildman–Crippen LogP) is 1.17. The first-order chi connectivity index (χ1) is 5.25. The third-order valence-electron chi connectivity index (χ3n) is 1.46. The molecule has 0 spiro atoms. The van der Waals surface area contributed by atoms with Gasteiger partial charge in [0, 0.05) is 19.4 Å². The lowest BCUT2D eigenvalue weighted by Crippen LogP contribution is -1.96. The average Bonchev–Trinajstić information content (AvgIpc) is 2.29. The first-order valence-electron chi connectivity index (χ1n) is 3.30. The Kier molecular flexibility index (Phi) is 2.11. The maximum Gasteiger partial charge on any atom is 0.0823 e. The number of nitrogens with zero attached hydrogens (tertiary/aromatic N) is 2. The summed E-state index contributed by atoms with van der Waals surface area (Å²) in [4.78, 5) is 3.87. The van der Waals surface area contributed by atoms with E-state index in [4.69, 9.17) is 5.73 Å². The summed E-state index contributed by atoms with van der Waals surface area (Å²) in [5.74, 6) is 0. The second kappa shape index (κ2) is 3.05. The van der Waals surface area contributed by atoms with E-state index >= 15 is 0 Å². The Bertz CT molecular complexity index is 264. The molecule has 0 saturated heterocycles. The molecule has 0 aliphatic carbocycles. The number of nitrogen functional groups attached to an aromatic ring is 1. The summed E-state index contributed by atoms with van der Waals surface area (Å²) in [5, 5.41) is 0. The standard InChI is InChI=1S/C8H11N3/c1-3-10-6-8-7(9)4-5-11(8)2/h3-6H,1,9H2,2H3. The fourth-order valence-electron chi connectivity index (χ4n) is 0.850. The zero-order chi connectivity index (χ0) is 8.27. The Morgan fingerprint density at radius 3 is 2.91 bits per heavy atom. The molecular weight excluding hydrogens is 138 g/mol. The van der Waals surface area contributed by atoms with E-state index in [1.54, 1.807) is 6.21 Å². The van der Waals surface area contributed by atoms with Crippen LogP contribution in [0.2, 0.25) is 0 Å². The zero-order valence-corrected chi connectivity index (χ0v) is 6.49. The molecule has 0 radical (unpaired) electrons. The molecule has 1 rings (SSSR count). The van der Waals surface area contributed by atoms with Crippen LogP contribution in [0.4, 0.5) is 5.69 Å². The summed E-state index contributed by atoms with van der Waals surface area (Å²) in [6.07, 6.45) is 5.05. The fraction of sp³-hybridized carbons (Fsp3) is 0.125. The number of aliphatic imine (C=N–C) groups is 1. The molecule has 58 valence electrons. The molecule has 2 N–H and O–H groups in total. The molecular formula is C8H11N3. The fourth-order valence-corrected chi connectivity index (χ4v) is 0.850. The summed E-state index contributed by atoms with van der Waals surface area (Å²) in [6.45, 7) is 3.47. The maximum atomic E-state index is 5.64. The highest BCUT2D eigenvalue weighted by Crippen LogP contribution is 2.08. The molecule has 0 atom stereocenters.